The normalized spacial score (nSPS) is 16.1. The van der Waals surface area contributed by atoms with E-state index in [0.717, 1.165) is 4.57 Å². The van der Waals surface area contributed by atoms with Gasteiger partial charge in [0.1, 0.15) is 5.75 Å². The second-order valence-electron chi connectivity index (χ2n) is 7.44. The van der Waals surface area contributed by atoms with Crippen molar-refractivity contribution in [2.75, 3.05) is 6.61 Å². The molecule has 36 heavy (non-hydrogen) atoms. The summed E-state index contributed by atoms with van der Waals surface area (Å²) in [5, 5.41) is 10.8. The Bertz CT molecular complexity index is 1580. The summed E-state index contributed by atoms with van der Waals surface area (Å²) < 4.78 is 49.5. The Morgan fingerprint density at radius 2 is 2.00 bits per heavy atom. The highest BCUT2D eigenvalue weighted by Crippen LogP contribution is 2.38. The van der Waals surface area contributed by atoms with Crippen LogP contribution in [0.15, 0.2) is 61.9 Å². The molecule has 2 heterocycles. The Kier molecular flexibility index (Phi) is 7.70. The number of carbonyl (C=O) groups is 1. The number of esters is 1. The number of ether oxygens (including phenoxy) is 1. The molecule has 0 saturated carbocycles. The van der Waals surface area contributed by atoms with E-state index in [2.05, 4.69) is 20.9 Å². The molecular formula is C23H14BrClF3IN2O4S. The maximum absolute atomic E-state index is 14.1. The third-order valence-corrected chi connectivity index (χ3v) is 7.64. The van der Waals surface area contributed by atoms with Gasteiger partial charge in [-0.1, -0.05) is 51.0 Å². The van der Waals surface area contributed by atoms with Gasteiger partial charge in [0.15, 0.2) is 10.5 Å². The largest absolute Gasteiger partial charge is 0.506 e. The molecule has 1 aromatic heterocycles. The van der Waals surface area contributed by atoms with Crippen LogP contribution in [0.4, 0.5) is 13.2 Å². The number of alkyl halides is 3. The average Bonchev–Trinajstić information content (AvgIpc) is 3.11. The van der Waals surface area contributed by atoms with E-state index in [0.29, 0.717) is 24.4 Å². The van der Waals surface area contributed by atoms with Crippen molar-refractivity contribution in [3.8, 4) is 5.75 Å². The zero-order valence-corrected chi connectivity index (χ0v) is 23.4. The number of phenols is 1. The molecular weight excluding hydrogens is 700 g/mol. The number of fused-ring (bicyclic) bond motifs is 1. The van der Waals surface area contributed by atoms with Crippen LogP contribution in [-0.2, 0) is 9.53 Å². The fourth-order valence-electron chi connectivity index (χ4n) is 3.64. The molecule has 0 spiro atoms. The monoisotopic (exact) mass is 712 g/mol. The van der Waals surface area contributed by atoms with Crippen LogP contribution in [0.1, 0.15) is 24.1 Å². The fourth-order valence-corrected chi connectivity index (χ4v) is 6.31. The van der Waals surface area contributed by atoms with Crippen LogP contribution in [0.3, 0.4) is 0 Å². The van der Waals surface area contributed by atoms with Crippen LogP contribution in [0.5, 0.6) is 5.75 Å². The summed E-state index contributed by atoms with van der Waals surface area (Å²) in [6.45, 7) is 1.29. The van der Waals surface area contributed by atoms with Crippen LogP contribution < -0.4 is 14.9 Å². The molecule has 1 atom stereocenters. The lowest BCUT2D eigenvalue weighted by atomic mass is 9.95. The number of nitrogens with zero attached hydrogens (tertiary/aromatic N) is 2. The van der Waals surface area contributed by atoms with Gasteiger partial charge in [0.25, 0.3) is 5.56 Å². The predicted molar refractivity (Wildman–Crippen MR) is 141 cm³/mol. The van der Waals surface area contributed by atoms with E-state index in [9.17, 15) is 27.9 Å². The summed E-state index contributed by atoms with van der Waals surface area (Å²) in [6, 6.07) is 7.53. The molecule has 3 aromatic rings. The first-order valence-corrected chi connectivity index (χ1v) is 13.2. The van der Waals surface area contributed by atoms with E-state index in [1.54, 1.807) is 12.1 Å². The number of benzene rings is 2. The summed E-state index contributed by atoms with van der Waals surface area (Å²) in [4.78, 5) is 29.8. The van der Waals surface area contributed by atoms with Crippen molar-refractivity contribution < 1.29 is 27.8 Å². The third kappa shape index (κ3) is 5.13. The summed E-state index contributed by atoms with van der Waals surface area (Å²) in [5.41, 5.74) is -2.43. The summed E-state index contributed by atoms with van der Waals surface area (Å²) in [6.07, 6.45) is -3.63. The van der Waals surface area contributed by atoms with Gasteiger partial charge in [0.2, 0.25) is 0 Å². The predicted octanol–water partition coefficient (Wildman–Crippen LogP) is 5.07. The van der Waals surface area contributed by atoms with Gasteiger partial charge in [-0.2, -0.15) is 13.2 Å². The van der Waals surface area contributed by atoms with E-state index >= 15 is 0 Å². The maximum atomic E-state index is 14.1. The molecule has 0 saturated heterocycles. The van der Waals surface area contributed by atoms with Crippen molar-refractivity contribution in [1.29, 1.82) is 0 Å². The van der Waals surface area contributed by atoms with Crippen LogP contribution in [0.2, 0.25) is 5.02 Å². The molecule has 1 aliphatic rings. The fraction of sp³-hybridized carbons (Fsp3) is 0.174. The van der Waals surface area contributed by atoms with E-state index < -0.39 is 35.0 Å². The SMILES string of the molecule is CCOC(=O)C1=C(C(F)(F)F)N=c2s/c(=C\c3cc(Br)cc(I)c3O)c(=O)n2[C@H]1c1ccc(Cl)cc1. The van der Waals surface area contributed by atoms with Crippen LogP contribution >= 0.6 is 61.5 Å². The number of aromatic nitrogens is 1. The Morgan fingerprint density at radius 3 is 2.61 bits per heavy atom. The molecule has 4 rings (SSSR count). The molecule has 2 aromatic carbocycles. The van der Waals surface area contributed by atoms with Crippen molar-refractivity contribution in [3.63, 3.8) is 0 Å². The molecule has 0 unspecified atom stereocenters. The summed E-state index contributed by atoms with van der Waals surface area (Å²) in [7, 11) is 0. The second kappa shape index (κ2) is 10.3. The lowest BCUT2D eigenvalue weighted by Crippen LogP contribution is -2.41. The van der Waals surface area contributed by atoms with E-state index in [1.807, 2.05) is 22.6 Å². The number of carbonyl (C=O) groups excluding carboxylic acids is 1. The van der Waals surface area contributed by atoms with Crippen molar-refractivity contribution in [2.24, 2.45) is 4.99 Å². The first-order chi connectivity index (χ1) is 16.9. The maximum Gasteiger partial charge on any atom is 0.434 e. The number of thiazole rings is 1. The molecule has 188 valence electrons. The van der Waals surface area contributed by atoms with E-state index in [4.69, 9.17) is 16.3 Å². The average molecular weight is 714 g/mol. The highest BCUT2D eigenvalue weighted by molar-refractivity contribution is 14.1. The number of hydrogen-bond acceptors (Lipinski definition) is 6. The number of rotatable bonds is 4. The lowest BCUT2D eigenvalue weighted by molar-refractivity contribution is -0.140. The van der Waals surface area contributed by atoms with Crippen molar-refractivity contribution >= 4 is 73.5 Å². The third-order valence-electron chi connectivity index (χ3n) is 5.12. The molecule has 0 fully saturated rings. The number of halogens is 6. The number of aromatic hydroxyl groups is 1. The minimum absolute atomic E-state index is 0.0172. The van der Waals surface area contributed by atoms with E-state index in [-0.39, 0.29) is 32.8 Å². The van der Waals surface area contributed by atoms with Crippen LogP contribution in [0, 0.1) is 3.57 Å². The van der Waals surface area contributed by atoms with Crippen LogP contribution in [-0.4, -0.2) is 28.4 Å². The van der Waals surface area contributed by atoms with Gasteiger partial charge in [0.05, 0.1) is 26.3 Å². The zero-order valence-electron chi connectivity index (χ0n) is 18.1. The van der Waals surface area contributed by atoms with Gasteiger partial charge in [-0.3, -0.25) is 9.36 Å². The summed E-state index contributed by atoms with van der Waals surface area (Å²) >= 11 is 11.9. The molecule has 0 aliphatic carbocycles. The van der Waals surface area contributed by atoms with Crippen molar-refractivity contribution in [3.05, 3.63) is 91.5 Å². The Morgan fingerprint density at radius 1 is 1.33 bits per heavy atom. The smallest absolute Gasteiger partial charge is 0.434 e. The molecule has 0 bridgehead atoms. The quantitative estimate of drug-likeness (QED) is 0.303. The van der Waals surface area contributed by atoms with Gasteiger partial charge >= 0.3 is 12.1 Å². The first-order valence-electron chi connectivity index (χ1n) is 10.2. The molecule has 0 radical (unpaired) electrons. The summed E-state index contributed by atoms with van der Waals surface area (Å²) in [5.74, 6) is -1.33. The Labute approximate surface area is 232 Å². The Balaban J connectivity index is 2.07. The molecule has 0 amide bonds. The van der Waals surface area contributed by atoms with Gasteiger partial charge in [-0.05, 0) is 65.4 Å². The van der Waals surface area contributed by atoms with Gasteiger partial charge in [-0.25, -0.2) is 9.79 Å². The zero-order chi connectivity index (χ0) is 26.4. The topological polar surface area (TPSA) is 80.9 Å². The lowest BCUT2D eigenvalue weighted by Gasteiger charge is -2.26. The standard InChI is InChI=1S/C23H14BrClF3IN2O4S/c1-2-35-21(34)16-17(10-3-5-13(25)6-4-10)31-20(33)15(36-22(31)30-19(16)23(26,27)28)8-11-7-12(24)9-14(29)18(11)32/h3-9,17,32H,2H2,1H3/b15-8-/t17-/m0/s1. The molecule has 6 nitrogen and oxygen atoms in total. The van der Waals surface area contributed by atoms with Crippen LogP contribution in [0.25, 0.3) is 6.08 Å². The number of hydrogen-bond donors (Lipinski definition) is 1. The number of allylic oxidation sites excluding steroid dienone is 1. The highest BCUT2D eigenvalue weighted by atomic mass is 127. The highest BCUT2D eigenvalue weighted by Gasteiger charge is 2.45. The van der Waals surface area contributed by atoms with Crippen molar-refractivity contribution in [2.45, 2.75) is 19.1 Å². The second-order valence-corrected chi connectivity index (χ2v) is 11.0. The first kappa shape index (κ1) is 26.9. The minimum atomic E-state index is -5.00. The van der Waals surface area contributed by atoms with Crippen molar-refractivity contribution in [1.82, 2.24) is 4.57 Å². The molecule has 1 N–H and O–H groups in total. The van der Waals surface area contributed by atoms with Gasteiger partial charge in [0, 0.05) is 15.1 Å². The molecule has 1 aliphatic heterocycles. The van der Waals surface area contributed by atoms with E-state index in [1.165, 1.54) is 37.3 Å². The van der Waals surface area contributed by atoms with Gasteiger partial charge < -0.3 is 9.84 Å². The molecule has 13 heteroatoms. The number of phenolic OH excluding ortho intramolecular Hbond substituents is 1. The minimum Gasteiger partial charge on any atom is -0.506 e. The van der Waals surface area contributed by atoms with Gasteiger partial charge in [-0.15, -0.1) is 0 Å². The Hall–Kier alpha value is -2.16.